The van der Waals surface area contributed by atoms with Gasteiger partial charge in [0.1, 0.15) is 0 Å². The summed E-state index contributed by atoms with van der Waals surface area (Å²) in [5.74, 6) is 0. The van der Waals surface area contributed by atoms with Crippen LogP contribution in [-0.4, -0.2) is 0 Å². The van der Waals surface area contributed by atoms with Crippen molar-refractivity contribution in [3.63, 3.8) is 0 Å². The predicted octanol–water partition coefficient (Wildman–Crippen LogP) is 3.73. The average Bonchev–Trinajstić information content (AvgIpc) is 1.33. The maximum Gasteiger partial charge on any atom is -0.258 e. The number of rotatable bonds is 0. The molecule has 0 unspecified atom stereocenters. The molecule has 0 aromatic carbocycles. The molecule has 8 heavy (non-hydrogen) atoms. The van der Waals surface area contributed by atoms with Crippen LogP contribution in [-0.2, 0) is 21.3 Å². The van der Waals surface area contributed by atoms with Gasteiger partial charge in [-0.2, -0.15) is 0 Å². The number of hydrogen-bond donors (Lipinski definition) is 0. The van der Waals surface area contributed by atoms with E-state index in [1.54, 1.807) is 0 Å². The van der Waals surface area contributed by atoms with Crippen LogP contribution in [0.5, 0.6) is 0 Å². The molecule has 0 rings (SSSR count). The molecule has 0 bridgehead atoms. The second-order valence-electron chi connectivity index (χ2n) is 0.505. The van der Waals surface area contributed by atoms with Crippen molar-refractivity contribution in [1.29, 1.82) is 0 Å². The van der Waals surface area contributed by atoms with Crippen molar-refractivity contribution >= 4 is 60.6 Å². The van der Waals surface area contributed by atoms with E-state index < -0.39 is 8.83 Å². The summed E-state index contributed by atoms with van der Waals surface area (Å²) in [7, 11) is 20.9. The Labute approximate surface area is 73.4 Å². The van der Waals surface area contributed by atoms with Crippen LogP contribution in [0, 0.1) is 0 Å². The molecule has 0 fully saturated rings. The van der Waals surface area contributed by atoms with Gasteiger partial charge in [-0.15, -0.1) is 0 Å². The number of halogens is 5. The fraction of sp³-hybridized carbons (Fsp3) is 0. The Bertz CT molecular complexity index is 55.3. The second kappa shape index (κ2) is 4.08. The van der Waals surface area contributed by atoms with Gasteiger partial charge in [-0.1, -0.05) is 0 Å². The molecule has 0 radical (unpaired) electrons. The Hall–Kier alpha value is 2.11. The SMILES string of the molecule is [Cl][Os]([Cl])([Cl])([Cl])[Cl].[N-]=S. The summed E-state index contributed by atoms with van der Waals surface area (Å²) in [6.07, 6.45) is 0. The number of nitrogens with zero attached hydrogens (tertiary/aromatic N) is 1. The summed E-state index contributed by atoms with van der Waals surface area (Å²) in [4.78, 5) is 0. The van der Waals surface area contributed by atoms with E-state index in [-0.39, 0.29) is 0 Å². The monoisotopic (exact) mass is 413 g/mol. The van der Waals surface area contributed by atoms with Crippen LogP contribution in [0.2, 0.25) is 0 Å². The van der Waals surface area contributed by atoms with E-state index in [1.165, 1.54) is 0 Å². The Morgan fingerprint density at radius 2 is 0.875 bits per heavy atom. The van der Waals surface area contributed by atoms with E-state index in [0.717, 1.165) is 0 Å². The normalized spacial score (nSPS) is 14.9. The third-order valence-corrected chi connectivity index (χ3v) is 0. The van der Waals surface area contributed by atoms with E-state index in [4.69, 9.17) is 53.0 Å². The van der Waals surface area contributed by atoms with E-state index >= 15 is 0 Å². The summed E-state index contributed by atoms with van der Waals surface area (Å²) in [6.45, 7) is 0. The van der Waals surface area contributed by atoms with Gasteiger partial charge in [-0.05, 0) is 0 Å². The Kier molecular flexibility index (Phi) is 6.51. The molecule has 0 spiro atoms. The molecule has 0 aliphatic carbocycles. The van der Waals surface area contributed by atoms with E-state index in [9.17, 15) is 0 Å². The zero-order valence-electron chi connectivity index (χ0n) is 3.10. The summed E-state index contributed by atoms with van der Waals surface area (Å²) in [5, 5.41) is 0. The van der Waals surface area contributed by atoms with Gasteiger partial charge in [0.05, 0.1) is 0 Å². The van der Waals surface area contributed by atoms with Crippen LogP contribution < -0.4 is 0 Å². The maximum absolute atomic E-state index is 6.58. The van der Waals surface area contributed by atoms with Gasteiger partial charge >= 0.3 is 57.0 Å². The molecule has 0 aliphatic heterocycles. The van der Waals surface area contributed by atoms with Crippen molar-refractivity contribution < 1.29 is 8.83 Å². The molecular weight excluding hydrogens is 414 g/mol. The first kappa shape index (κ1) is 12.8. The van der Waals surface area contributed by atoms with Crippen molar-refractivity contribution in [2.75, 3.05) is 0 Å². The molecule has 0 aliphatic rings. The summed E-state index contributed by atoms with van der Waals surface area (Å²) in [6, 6.07) is 0. The molecule has 0 N–H and O–H groups in total. The minimum Gasteiger partial charge on any atom is -0.742 e. The van der Waals surface area contributed by atoms with Crippen LogP contribution in [0.15, 0.2) is 0 Å². The van der Waals surface area contributed by atoms with E-state index in [1.807, 2.05) is 0 Å². The zero-order valence-corrected chi connectivity index (χ0v) is 10.2. The summed E-state index contributed by atoms with van der Waals surface area (Å²) >= 11 is 3.08. The summed E-state index contributed by atoms with van der Waals surface area (Å²) < 4.78 is 6.58. The van der Waals surface area contributed by atoms with E-state index in [0.29, 0.717) is 0 Å². The topological polar surface area (TPSA) is 22.3 Å². The Morgan fingerprint density at radius 1 is 0.875 bits per heavy atom. The molecule has 1 nitrogen and oxygen atoms in total. The molecular formula is Cl5NOsS-. The van der Waals surface area contributed by atoms with Gasteiger partial charge < -0.3 is 4.78 Å². The fourth-order valence-corrected chi connectivity index (χ4v) is 0. The van der Waals surface area contributed by atoms with Gasteiger partial charge in [0.2, 0.25) is 0 Å². The van der Waals surface area contributed by atoms with Crippen LogP contribution >= 0.6 is 48.2 Å². The molecule has 0 aromatic rings. The van der Waals surface area contributed by atoms with Gasteiger partial charge in [0, 0.05) is 0 Å². The fourth-order valence-electron chi connectivity index (χ4n) is 0. The molecule has 0 aromatic heterocycles. The smallest absolute Gasteiger partial charge is 0.258 e. The second-order valence-corrected chi connectivity index (χ2v) is 37.2. The minimum atomic E-state index is -4.29. The Morgan fingerprint density at radius 3 is 0.875 bits per heavy atom. The van der Waals surface area contributed by atoms with Crippen molar-refractivity contribution in [3.8, 4) is 0 Å². The zero-order chi connectivity index (χ0) is 7.45. The van der Waals surface area contributed by atoms with Crippen molar-refractivity contribution in [1.82, 2.24) is 0 Å². The third-order valence-electron chi connectivity index (χ3n) is 0. The molecule has 0 saturated heterocycles. The minimum absolute atomic E-state index is 3.08. The first-order chi connectivity index (χ1) is 3.24. The first-order valence-electron chi connectivity index (χ1n) is 0.851. The van der Waals surface area contributed by atoms with Gasteiger partial charge in [0.25, 0.3) is 0 Å². The number of hydrogen-bond acceptors (Lipinski definition) is 1. The van der Waals surface area contributed by atoms with Gasteiger partial charge in [0.15, 0.2) is 0 Å². The van der Waals surface area contributed by atoms with Crippen molar-refractivity contribution in [2.24, 2.45) is 0 Å². The Balaban J connectivity index is 0. The van der Waals surface area contributed by atoms with Crippen LogP contribution in [0.25, 0.3) is 4.78 Å². The molecule has 55 valence electrons. The largest absolute Gasteiger partial charge is 0.742 e. The van der Waals surface area contributed by atoms with Crippen LogP contribution in [0.1, 0.15) is 0 Å². The van der Waals surface area contributed by atoms with Gasteiger partial charge in [-0.3, -0.25) is 12.4 Å². The van der Waals surface area contributed by atoms with Crippen molar-refractivity contribution in [3.05, 3.63) is 4.78 Å². The molecule has 0 heterocycles. The van der Waals surface area contributed by atoms with Gasteiger partial charge in [-0.25, -0.2) is 0 Å². The third kappa shape index (κ3) is 92.3. The maximum atomic E-state index is 6.58. The summed E-state index contributed by atoms with van der Waals surface area (Å²) in [5.41, 5.74) is 0. The molecule has 0 atom stereocenters. The quantitative estimate of drug-likeness (QED) is 0.593. The first-order valence-corrected chi connectivity index (χ1v) is 17.0. The van der Waals surface area contributed by atoms with E-state index in [2.05, 4.69) is 12.4 Å². The predicted molar refractivity (Wildman–Crippen MR) is 40.0 cm³/mol. The molecule has 8 heteroatoms. The van der Waals surface area contributed by atoms with Crippen LogP contribution in [0.3, 0.4) is 0 Å². The van der Waals surface area contributed by atoms with Crippen molar-refractivity contribution in [2.45, 2.75) is 0 Å². The molecule has 0 saturated carbocycles. The standard InChI is InChI=1S/5ClH.NS.Os/c;;;;;1-2;/h5*1H;;/q;;;;;-1;+5/p-5. The average molecular weight is 414 g/mol. The molecule has 0 amide bonds. The van der Waals surface area contributed by atoms with Crippen LogP contribution in [0.4, 0.5) is 0 Å².